The van der Waals surface area contributed by atoms with Crippen LogP contribution >= 0.6 is 11.6 Å². The lowest BCUT2D eigenvalue weighted by molar-refractivity contribution is -0.143. The van der Waals surface area contributed by atoms with Crippen LogP contribution in [0.4, 0.5) is 0 Å². The number of methoxy groups -OCH3 is 1. The van der Waals surface area contributed by atoms with Gasteiger partial charge in [-0.05, 0) is 31.2 Å². The van der Waals surface area contributed by atoms with Gasteiger partial charge in [0.1, 0.15) is 11.7 Å². The van der Waals surface area contributed by atoms with E-state index >= 15 is 0 Å². The molecule has 1 heterocycles. The number of ketones is 1. The van der Waals surface area contributed by atoms with Crippen LogP contribution in [0.3, 0.4) is 0 Å². The molecule has 0 radical (unpaired) electrons. The minimum Gasteiger partial charge on any atom is -0.481 e. The van der Waals surface area contributed by atoms with Gasteiger partial charge in [-0.25, -0.2) is 9.97 Å². The fourth-order valence-electron chi connectivity index (χ4n) is 2.09. The Kier molecular flexibility index (Phi) is 4.95. The molecule has 1 atom stereocenters. The van der Waals surface area contributed by atoms with Crippen molar-refractivity contribution in [3.05, 3.63) is 52.9 Å². The van der Waals surface area contributed by atoms with Crippen LogP contribution < -0.4 is 4.74 Å². The zero-order valence-electron chi connectivity index (χ0n) is 12.6. The van der Waals surface area contributed by atoms with Crippen LogP contribution in [0.2, 0.25) is 5.02 Å². The second kappa shape index (κ2) is 6.75. The number of hydrogen-bond donors (Lipinski definition) is 1. The molecule has 1 unspecified atom stereocenters. The summed E-state index contributed by atoms with van der Waals surface area (Å²) in [4.78, 5) is 32.0. The topological polar surface area (TPSA) is 89.4 Å². The SMILES string of the molecule is COc1cc(C(C)(CC(=O)c2ccc(Cl)cc2)C(=O)O)ncn1. The van der Waals surface area contributed by atoms with Crippen LogP contribution in [0.25, 0.3) is 0 Å². The minimum absolute atomic E-state index is 0.208. The number of halogens is 1. The molecular weight excluding hydrogens is 320 g/mol. The Morgan fingerprint density at radius 1 is 1.26 bits per heavy atom. The highest BCUT2D eigenvalue weighted by Gasteiger charge is 2.39. The van der Waals surface area contributed by atoms with Gasteiger partial charge in [0.15, 0.2) is 5.78 Å². The van der Waals surface area contributed by atoms with Gasteiger partial charge in [0.25, 0.3) is 0 Å². The number of aromatic nitrogens is 2. The molecule has 0 bridgehead atoms. The third-order valence-corrected chi connectivity index (χ3v) is 3.82. The highest BCUT2D eigenvalue weighted by molar-refractivity contribution is 6.30. The Balaban J connectivity index is 2.35. The summed E-state index contributed by atoms with van der Waals surface area (Å²) in [6, 6.07) is 7.71. The number of hydrogen-bond acceptors (Lipinski definition) is 5. The first-order valence-corrected chi connectivity index (χ1v) is 7.13. The summed E-state index contributed by atoms with van der Waals surface area (Å²) in [6.07, 6.45) is 0.965. The Labute approximate surface area is 138 Å². The number of benzene rings is 1. The monoisotopic (exact) mass is 334 g/mol. The third kappa shape index (κ3) is 3.65. The van der Waals surface area contributed by atoms with Crippen molar-refractivity contribution in [2.75, 3.05) is 7.11 Å². The smallest absolute Gasteiger partial charge is 0.315 e. The average Bonchev–Trinajstić information content (AvgIpc) is 2.55. The highest BCUT2D eigenvalue weighted by Crippen LogP contribution is 2.29. The summed E-state index contributed by atoms with van der Waals surface area (Å²) in [5.74, 6) is -1.23. The molecule has 0 saturated heterocycles. The molecule has 0 aliphatic rings. The zero-order chi connectivity index (χ0) is 17.0. The molecule has 0 amide bonds. The molecule has 7 heteroatoms. The number of carboxylic acids is 1. The van der Waals surface area contributed by atoms with Gasteiger partial charge in [-0.3, -0.25) is 9.59 Å². The zero-order valence-corrected chi connectivity index (χ0v) is 13.4. The molecular formula is C16H15ClN2O4. The number of carbonyl (C=O) groups excluding carboxylic acids is 1. The van der Waals surface area contributed by atoms with Gasteiger partial charge in [0, 0.05) is 23.1 Å². The normalized spacial score (nSPS) is 13.2. The fraction of sp³-hybridized carbons (Fsp3) is 0.250. The van der Waals surface area contributed by atoms with E-state index in [9.17, 15) is 14.7 Å². The van der Waals surface area contributed by atoms with Crippen molar-refractivity contribution in [2.24, 2.45) is 0 Å². The van der Waals surface area contributed by atoms with Crippen LogP contribution in [0.5, 0.6) is 5.88 Å². The molecule has 120 valence electrons. The van der Waals surface area contributed by atoms with Gasteiger partial charge >= 0.3 is 5.97 Å². The molecule has 23 heavy (non-hydrogen) atoms. The van der Waals surface area contributed by atoms with Crippen molar-refractivity contribution < 1.29 is 19.4 Å². The number of ether oxygens (including phenoxy) is 1. The second-order valence-corrected chi connectivity index (χ2v) is 5.63. The molecule has 1 aromatic carbocycles. The summed E-state index contributed by atoms with van der Waals surface area (Å²) in [7, 11) is 1.42. The Hall–Kier alpha value is -2.47. The van der Waals surface area contributed by atoms with Gasteiger partial charge in [0.2, 0.25) is 5.88 Å². The summed E-state index contributed by atoms with van der Waals surface area (Å²) < 4.78 is 4.99. The molecule has 1 aromatic heterocycles. The van der Waals surface area contributed by atoms with Gasteiger partial charge in [0.05, 0.1) is 12.8 Å². The van der Waals surface area contributed by atoms with E-state index in [1.165, 1.54) is 26.4 Å². The van der Waals surface area contributed by atoms with E-state index in [0.717, 1.165) is 0 Å². The maximum absolute atomic E-state index is 12.4. The van der Waals surface area contributed by atoms with Crippen molar-refractivity contribution in [3.8, 4) is 5.88 Å². The molecule has 2 rings (SSSR count). The summed E-state index contributed by atoms with van der Waals surface area (Å²) >= 11 is 5.79. The van der Waals surface area contributed by atoms with E-state index in [-0.39, 0.29) is 23.8 Å². The predicted octanol–water partition coefficient (Wildman–Crippen LogP) is 2.75. The van der Waals surface area contributed by atoms with Gasteiger partial charge in [-0.1, -0.05) is 11.6 Å². The Morgan fingerprint density at radius 2 is 1.91 bits per heavy atom. The molecule has 1 N–H and O–H groups in total. The first kappa shape index (κ1) is 16.9. The number of nitrogens with zero attached hydrogens (tertiary/aromatic N) is 2. The van der Waals surface area contributed by atoms with Crippen molar-refractivity contribution in [1.29, 1.82) is 0 Å². The standard InChI is InChI=1S/C16H15ClN2O4/c1-16(15(21)22,13-7-14(23-2)19-9-18-13)8-12(20)10-3-5-11(17)6-4-10/h3-7,9H,8H2,1-2H3,(H,21,22). The number of rotatable bonds is 6. The van der Waals surface area contributed by atoms with Gasteiger partial charge in [-0.2, -0.15) is 0 Å². The summed E-state index contributed by atoms with van der Waals surface area (Å²) in [5.41, 5.74) is -0.894. The Morgan fingerprint density at radius 3 is 2.48 bits per heavy atom. The van der Waals surface area contributed by atoms with Crippen molar-refractivity contribution >= 4 is 23.4 Å². The minimum atomic E-state index is -1.49. The van der Waals surface area contributed by atoms with Crippen molar-refractivity contribution in [2.45, 2.75) is 18.8 Å². The maximum atomic E-state index is 12.4. The van der Waals surface area contributed by atoms with Crippen molar-refractivity contribution in [1.82, 2.24) is 9.97 Å². The van der Waals surface area contributed by atoms with E-state index in [2.05, 4.69) is 9.97 Å². The van der Waals surface area contributed by atoms with E-state index in [1.807, 2.05) is 0 Å². The number of aliphatic carboxylic acids is 1. The number of carboxylic acid groups (broad SMARTS) is 1. The third-order valence-electron chi connectivity index (χ3n) is 3.57. The lowest BCUT2D eigenvalue weighted by Crippen LogP contribution is -2.36. The van der Waals surface area contributed by atoms with E-state index < -0.39 is 11.4 Å². The largest absolute Gasteiger partial charge is 0.481 e. The van der Waals surface area contributed by atoms with Crippen LogP contribution in [-0.4, -0.2) is 33.9 Å². The van der Waals surface area contributed by atoms with Gasteiger partial charge < -0.3 is 9.84 Å². The molecule has 0 saturated carbocycles. The molecule has 0 aliphatic heterocycles. The molecule has 0 fully saturated rings. The highest BCUT2D eigenvalue weighted by atomic mass is 35.5. The van der Waals surface area contributed by atoms with Crippen LogP contribution in [0.1, 0.15) is 29.4 Å². The summed E-state index contributed by atoms with van der Waals surface area (Å²) in [6.45, 7) is 1.45. The number of Topliss-reactive ketones (excluding diaryl/α,β-unsaturated/α-hetero) is 1. The first-order valence-electron chi connectivity index (χ1n) is 6.75. The van der Waals surface area contributed by atoms with Crippen LogP contribution in [-0.2, 0) is 10.2 Å². The molecule has 0 spiro atoms. The second-order valence-electron chi connectivity index (χ2n) is 5.19. The first-order chi connectivity index (χ1) is 10.9. The quantitative estimate of drug-likeness (QED) is 0.817. The molecule has 6 nitrogen and oxygen atoms in total. The van der Waals surface area contributed by atoms with Gasteiger partial charge in [-0.15, -0.1) is 0 Å². The van der Waals surface area contributed by atoms with Crippen molar-refractivity contribution in [3.63, 3.8) is 0 Å². The lowest BCUT2D eigenvalue weighted by atomic mass is 9.80. The molecule has 2 aromatic rings. The Bertz CT molecular complexity index is 733. The average molecular weight is 335 g/mol. The number of carbonyl (C=O) groups is 2. The van der Waals surface area contributed by atoms with E-state index in [0.29, 0.717) is 10.6 Å². The van der Waals surface area contributed by atoms with E-state index in [4.69, 9.17) is 16.3 Å². The van der Waals surface area contributed by atoms with Crippen LogP contribution in [0, 0.1) is 0 Å². The fourth-order valence-corrected chi connectivity index (χ4v) is 2.21. The maximum Gasteiger partial charge on any atom is 0.315 e. The van der Waals surface area contributed by atoms with Crippen LogP contribution in [0.15, 0.2) is 36.7 Å². The summed E-state index contributed by atoms with van der Waals surface area (Å²) in [5, 5.41) is 10.1. The molecule has 0 aliphatic carbocycles. The lowest BCUT2D eigenvalue weighted by Gasteiger charge is -2.23. The van der Waals surface area contributed by atoms with E-state index in [1.54, 1.807) is 24.3 Å². The predicted molar refractivity (Wildman–Crippen MR) is 84.0 cm³/mol.